The second kappa shape index (κ2) is 11.8. The van der Waals surface area contributed by atoms with Gasteiger partial charge in [-0.3, -0.25) is 0 Å². The van der Waals surface area contributed by atoms with Crippen molar-refractivity contribution in [2.24, 2.45) is 0 Å². The lowest BCUT2D eigenvalue weighted by Gasteiger charge is -2.27. The molecule has 0 bridgehead atoms. The number of benzene rings is 8. The Morgan fingerprint density at radius 2 is 0.917 bits per heavy atom. The van der Waals surface area contributed by atoms with E-state index in [1.807, 2.05) is 0 Å². The van der Waals surface area contributed by atoms with Gasteiger partial charge in [0.25, 0.3) is 0 Å². The zero-order chi connectivity index (χ0) is 31.9. The second-order valence-electron chi connectivity index (χ2n) is 12.2. The molecule has 9 aromatic rings. The third-order valence-corrected chi connectivity index (χ3v) is 9.34. The van der Waals surface area contributed by atoms with E-state index in [0.29, 0.717) is 0 Å². The van der Waals surface area contributed by atoms with Crippen LogP contribution in [0.5, 0.6) is 0 Å². The first kappa shape index (κ1) is 27.9. The Bertz CT molecular complexity index is 2560. The molecule has 8 aromatic carbocycles. The number of hydrogen-bond acceptors (Lipinski definition) is 1. The lowest BCUT2D eigenvalue weighted by molar-refractivity contribution is 1.18. The van der Waals surface area contributed by atoms with Gasteiger partial charge in [0.1, 0.15) is 0 Å². The zero-order valence-electron chi connectivity index (χ0n) is 26.4. The Kier molecular flexibility index (Phi) is 6.84. The standard InChI is InChI=1S/C46H32N2/c1-3-14-33(15-4-1)35-18-11-23-40(30-35)48-45-26-10-9-25-42(45)43-32-37(28-29-46(43)48)36-19-12-22-39(31-36)47(38-20-5-2-6-21-38)44-27-13-17-34-16-7-8-24-41(34)44/h1-32H. The molecular weight excluding hydrogens is 581 g/mol. The maximum Gasteiger partial charge on any atom is 0.0541 e. The molecule has 48 heavy (non-hydrogen) atoms. The molecule has 0 N–H and O–H groups in total. The molecule has 0 spiro atoms. The molecular formula is C46H32N2. The Labute approximate surface area is 280 Å². The van der Waals surface area contributed by atoms with Gasteiger partial charge in [-0.05, 0) is 88.3 Å². The average molecular weight is 613 g/mol. The van der Waals surface area contributed by atoms with Crippen molar-refractivity contribution in [1.82, 2.24) is 4.57 Å². The minimum Gasteiger partial charge on any atom is -0.310 e. The van der Waals surface area contributed by atoms with Gasteiger partial charge in [0, 0.05) is 33.2 Å². The molecule has 2 nitrogen and oxygen atoms in total. The monoisotopic (exact) mass is 612 g/mol. The lowest BCUT2D eigenvalue weighted by Crippen LogP contribution is -2.10. The molecule has 0 saturated carbocycles. The van der Waals surface area contributed by atoms with Crippen LogP contribution in [0.25, 0.3) is 60.5 Å². The SMILES string of the molecule is c1ccc(-c2cccc(-n3c4ccccc4c4cc(-c5cccc(N(c6ccccc6)c6cccc7ccccc67)c5)ccc43)c2)cc1. The molecule has 1 aromatic heterocycles. The number of aromatic nitrogens is 1. The summed E-state index contributed by atoms with van der Waals surface area (Å²) in [5, 5.41) is 4.94. The van der Waals surface area contributed by atoms with Gasteiger partial charge in [0.05, 0.1) is 16.7 Å². The van der Waals surface area contributed by atoms with Gasteiger partial charge in [-0.15, -0.1) is 0 Å². The van der Waals surface area contributed by atoms with Crippen LogP contribution in [0.15, 0.2) is 194 Å². The third kappa shape index (κ3) is 4.83. The number of anilines is 3. The fraction of sp³-hybridized carbons (Fsp3) is 0. The Morgan fingerprint density at radius 1 is 0.333 bits per heavy atom. The van der Waals surface area contributed by atoms with E-state index in [9.17, 15) is 0 Å². The molecule has 226 valence electrons. The largest absolute Gasteiger partial charge is 0.310 e. The van der Waals surface area contributed by atoms with E-state index in [1.54, 1.807) is 0 Å². The van der Waals surface area contributed by atoms with Crippen LogP contribution in [0.2, 0.25) is 0 Å². The first-order valence-electron chi connectivity index (χ1n) is 16.4. The van der Waals surface area contributed by atoms with E-state index >= 15 is 0 Å². The third-order valence-electron chi connectivity index (χ3n) is 9.34. The summed E-state index contributed by atoms with van der Waals surface area (Å²) in [6.45, 7) is 0. The molecule has 9 rings (SSSR count). The minimum absolute atomic E-state index is 1.12. The van der Waals surface area contributed by atoms with E-state index in [0.717, 1.165) is 22.7 Å². The van der Waals surface area contributed by atoms with Gasteiger partial charge in [-0.2, -0.15) is 0 Å². The summed E-state index contributed by atoms with van der Waals surface area (Å²) in [6, 6.07) is 69.9. The Balaban J connectivity index is 1.19. The van der Waals surface area contributed by atoms with Gasteiger partial charge < -0.3 is 9.47 Å². The van der Waals surface area contributed by atoms with Crippen molar-refractivity contribution in [1.29, 1.82) is 0 Å². The molecule has 0 radical (unpaired) electrons. The highest BCUT2D eigenvalue weighted by Crippen LogP contribution is 2.41. The number of fused-ring (bicyclic) bond motifs is 4. The van der Waals surface area contributed by atoms with Gasteiger partial charge in [-0.25, -0.2) is 0 Å². The summed E-state index contributed by atoms with van der Waals surface area (Å²) >= 11 is 0. The molecule has 0 amide bonds. The first-order valence-corrected chi connectivity index (χ1v) is 16.4. The topological polar surface area (TPSA) is 8.17 Å². The van der Waals surface area contributed by atoms with E-state index in [4.69, 9.17) is 0 Å². The zero-order valence-corrected chi connectivity index (χ0v) is 26.4. The maximum absolute atomic E-state index is 2.40. The van der Waals surface area contributed by atoms with Crippen LogP contribution < -0.4 is 4.90 Å². The summed E-state index contributed by atoms with van der Waals surface area (Å²) in [5.74, 6) is 0. The number of para-hydroxylation sites is 2. The van der Waals surface area contributed by atoms with Crippen LogP contribution in [0.1, 0.15) is 0 Å². The molecule has 1 heterocycles. The van der Waals surface area contributed by atoms with Crippen LogP contribution in [0, 0.1) is 0 Å². The molecule has 0 aliphatic heterocycles. The maximum atomic E-state index is 2.40. The molecule has 0 fully saturated rings. The fourth-order valence-electron chi connectivity index (χ4n) is 7.12. The summed E-state index contributed by atoms with van der Waals surface area (Å²) in [6.07, 6.45) is 0. The van der Waals surface area contributed by atoms with E-state index in [-0.39, 0.29) is 0 Å². The minimum atomic E-state index is 1.12. The molecule has 0 atom stereocenters. The number of hydrogen-bond donors (Lipinski definition) is 0. The highest BCUT2D eigenvalue weighted by atomic mass is 15.1. The highest BCUT2D eigenvalue weighted by molar-refractivity contribution is 6.10. The second-order valence-corrected chi connectivity index (χ2v) is 12.2. The molecule has 0 aliphatic rings. The van der Waals surface area contributed by atoms with Gasteiger partial charge in [0.15, 0.2) is 0 Å². The van der Waals surface area contributed by atoms with Gasteiger partial charge in [-0.1, -0.05) is 133 Å². The Hall–Kier alpha value is -6.38. The fourth-order valence-corrected chi connectivity index (χ4v) is 7.12. The Morgan fingerprint density at radius 3 is 1.77 bits per heavy atom. The van der Waals surface area contributed by atoms with E-state index in [2.05, 4.69) is 204 Å². The molecule has 2 heteroatoms. The number of rotatable bonds is 6. The van der Waals surface area contributed by atoms with Crippen molar-refractivity contribution >= 4 is 49.6 Å². The molecule has 0 unspecified atom stereocenters. The summed E-state index contributed by atoms with van der Waals surface area (Å²) in [4.78, 5) is 2.37. The van der Waals surface area contributed by atoms with Crippen LogP contribution in [-0.4, -0.2) is 4.57 Å². The summed E-state index contributed by atoms with van der Waals surface area (Å²) < 4.78 is 2.40. The summed E-state index contributed by atoms with van der Waals surface area (Å²) in [5.41, 5.74) is 11.8. The molecule has 0 saturated heterocycles. The lowest BCUT2D eigenvalue weighted by atomic mass is 10.0. The highest BCUT2D eigenvalue weighted by Gasteiger charge is 2.17. The van der Waals surface area contributed by atoms with E-state index in [1.165, 1.54) is 54.8 Å². The van der Waals surface area contributed by atoms with Crippen molar-refractivity contribution in [2.45, 2.75) is 0 Å². The quantitative estimate of drug-likeness (QED) is 0.181. The van der Waals surface area contributed by atoms with Crippen molar-refractivity contribution in [3.8, 4) is 27.9 Å². The van der Waals surface area contributed by atoms with Crippen LogP contribution in [-0.2, 0) is 0 Å². The van der Waals surface area contributed by atoms with Crippen molar-refractivity contribution < 1.29 is 0 Å². The van der Waals surface area contributed by atoms with Crippen LogP contribution in [0.4, 0.5) is 17.1 Å². The van der Waals surface area contributed by atoms with Crippen LogP contribution in [0.3, 0.4) is 0 Å². The van der Waals surface area contributed by atoms with Gasteiger partial charge >= 0.3 is 0 Å². The smallest absolute Gasteiger partial charge is 0.0541 e. The van der Waals surface area contributed by atoms with Gasteiger partial charge in [0.2, 0.25) is 0 Å². The first-order chi connectivity index (χ1) is 23.8. The van der Waals surface area contributed by atoms with Crippen LogP contribution >= 0.6 is 0 Å². The van der Waals surface area contributed by atoms with Crippen molar-refractivity contribution in [3.05, 3.63) is 194 Å². The van der Waals surface area contributed by atoms with Crippen molar-refractivity contribution in [3.63, 3.8) is 0 Å². The predicted molar refractivity (Wildman–Crippen MR) is 204 cm³/mol. The average Bonchev–Trinajstić information content (AvgIpc) is 3.50. The molecule has 0 aliphatic carbocycles. The van der Waals surface area contributed by atoms with E-state index < -0.39 is 0 Å². The predicted octanol–water partition coefficient (Wildman–Crippen LogP) is 12.7. The number of nitrogens with zero attached hydrogens (tertiary/aromatic N) is 2. The van der Waals surface area contributed by atoms with Crippen molar-refractivity contribution in [2.75, 3.05) is 4.90 Å². The summed E-state index contributed by atoms with van der Waals surface area (Å²) in [7, 11) is 0. The normalized spacial score (nSPS) is 11.3.